The van der Waals surface area contributed by atoms with Gasteiger partial charge in [-0.1, -0.05) is 0 Å². The standard InChI is InChI=1S/C9H15NO2S/c1-9(7-3-2-4-13-7)6-10-8(11)5-12-9/h7H,2-6H2,1H3,(H,10,11). The SMILES string of the molecule is CC1(C2CCCS2)CNC(=O)CO1. The molecule has 2 fully saturated rings. The number of carbonyl (C=O) groups excluding carboxylic acids is 1. The lowest BCUT2D eigenvalue weighted by molar-refractivity contribution is -0.141. The van der Waals surface area contributed by atoms with Gasteiger partial charge in [0.1, 0.15) is 6.61 Å². The first-order valence-corrected chi connectivity index (χ1v) is 5.78. The van der Waals surface area contributed by atoms with E-state index in [9.17, 15) is 4.79 Å². The highest BCUT2D eigenvalue weighted by Crippen LogP contribution is 2.36. The molecule has 74 valence electrons. The van der Waals surface area contributed by atoms with Crippen LogP contribution in [-0.4, -0.2) is 35.7 Å². The van der Waals surface area contributed by atoms with Crippen molar-refractivity contribution in [3.8, 4) is 0 Å². The molecular weight excluding hydrogens is 186 g/mol. The molecule has 4 heteroatoms. The number of nitrogens with one attached hydrogen (secondary N) is 1. The monoisotopic (exact) mass is 201 g/mol. The van der Waals surface area contributed by atoms with Crippen molar-refractivity contribution in [1.82, 2.24) is 5.32 Å². The molecule has 0 saturated carbocycles. The Morgan fingerprint density at radius 2 is 2.54 bits per heavy atom. The van der Waals surface area contributed by atoms with Crippen LogP contribution >= 0.6 is 11.8 Å². The Kier molecular flexibility index (Phi) is 2.51. The Balaban J connectivity index is 1.98. The molecule has 1 amide bonds. The van der Waals surface area contributed by atoms with Crippen LogP contribution < -0.4 is 5.32 Å². The predicted octanol–water partition coefficient (Wildman–Crippen LogP) is 0.787. The molecule has 2 atom stereocenters. The molecule has 2 saturated heterocycles. The topological polar surface area (TPSA) is 38.3 Å². The molecule has 2 rings (SSSR count). The van der Waals surface area contributed by atoms with Gasteiger partial charge in [-0.05, 0) is 25.5 Å². The van der Waals surface area contributed by atoms with E-state index in [0.717, 1.165) is 0 Å². The minimum atomic E-state index is -0.130. The summed E-state index contributed by atoms with van der Waals surface area (Å²) in [5.41, 5.74) is -0.130. The van der Waals surface area contributed by atoms with Crippen LogP contribution in [0.2, 0.25) is 0 Å². The first kappa shape index (κ1) is 9.34. The van der Waals surface area contributed by atoms with Gasteiger partial charge in [-0.15, -0.1) is 0 Å². The van der Waals surface area contributed by atoms with E-state index in [1.807, 2.05) is 11.8 Å². The zero-order valence-corrected chi connectivity index (χ0v) is 8.65. The molecule has 0 aliphatic carbocycles. The summed E-state index contributed by atoms with van der Waals surface area (Å²) in [6, 6.07) is 0. The maximum absolute atomic E-state index is 10.9. The average Bonchev–Trinajstić information content (AvgIpc) is 2.63. The molecule has 2 aliphatic heterocycles. The lowest BCUT2D eigenvalue weighted by atomic mass is 9.97. The van der Waals surface area contributed by atoms with Gasteiger partial charge in [0.2, 0.25) is 5.91 Å². The molecule has 0 spiro atoms. The van der Waals surface area contributed by atoms with E-state index < -0.39 is 0 Å². The quantitative estimate of drug-likeness (QED) is 0.681. The fourth-order valence-electron chi connectivity index (χ4n) is 1.87. The van der Waals surface area contributed by atoms with Crippen LogP contribution in [0.15, 0.2) is 0 Å². The lowest BCUT2D eigenvalue weighted by Crippen LogP contribution is -2.55. The second-order valence-corrected chi connectivity index (χ2v) is 5.19. The van der Waals surface area contributed by atoms with Crippen molar-refractivity contribution in [2.24, 2.45) is 0 Å². The summed E-state index contributed by atoms with van der Waals surface area (Å²) in [7, 11) is 0. The number of hydrogen-bond acceptors (Lipinski definition) is 3. The summed E-state index contributed by atoms with van der Waals surface area (Å²) in [4.78, 5) is 10.9. The molecular formula is C9H15NO2S. The number of hydrogen-bond donors (Lipinski definition) is 1. The lowest BCUT2D eigenvalue weighted by Gasteiger charge is -2.38. The molecule has 2 aliphatic rings. The molecule has 0 aromatic heterocycles. The number of thioether (sulfide) groups is 1. The van der Waals surface area contributed by atoms with Gasteiger partial charge in [-0.2, -0.15) is 11.8 Å². The fraction of sp³-hybridized carbons (Fsp3) is 0.889. The predicted molar refractivity (Wildman–Crippen MR) is 52.8 cm³/mol. The third-order valence-electron chi connectivity index (χ3n) is 2.78. The molecule has 2 unspecified atom stereocenters. The minimum Gasteiger partial charge on any atom is -0.362 e. The van der Waals surface area contributed by atoms with Gasteiger partial charge in [0.05, 0.1) is 5.60 Å². The van der Waals surface area contributed by atoms with Crippen molar-refractivity contribution in [1.29, 1.82) is 0 Å². The summed E-state index contributed by atoms with van der Waals surface area (Å²) in [5, 5.41) is 3.44. The van der Waals surface area contributed by atoms with E-state index >= 15 is 0 Å². The summed E-state index contributed by atoms with van der Waals surface area (Å²) in [6.07, 6.45) is 2.50. The summed E-state index contributed by atoms with van der Waals surface area (Å²) < 4.78 is 5.63. The van der Waals surface area contributed by atoms with Gasteiger partial charge in [0.25, 0.3) is 0 Å². The Hall–Kier alpha value is -0.220. The van der Waals surface area contributed by atoms with Gasteiger partial charge in [-0.25, -0.2) is 0 Å². The van der Waals surface area contributed by atoms with E-state index in [-0.39, 0.29) is 18.1 Å². The number of amides is 1. The Morgan fingerprint density at radius 1 is 1.69 bits per heavy atom. The molecule has 3 nitrogen and oxygen atoms in total. The number of rotatable bonds is 1. The van der Waals surface area contributed by atoms with E-state index in [0.29, 0.717) is 11.8 Å². The van der Waals surface area contributed by atoms with Crippen LogP contribution in [0.1, 0.15) is 19.8 Å². The zero-order chi connectivity index (χ0) is 9.31. The van der Waals surface area contributed by atoms with Crippen LogP contribution in [0.3, 0.4) is 0 Å². The van der Waals surface area contributed by atoms with E-state index in [1.54, 1.807) is 0 Å². The first-order valence-electron chi connectivity index (χ1n) is 4.73. The molecule has 1 N–H and O–H groups in total. The maximum atomic E-state index is 10.9. The van der Waals surface area contributed by atoms with E-state index in [2.05, 4.69) is 12.2 Å². The highest BCUT2D eigenvalue weighted by atomic mass is 32.2. The van der Waals surface area contributed by atoms with Crippen LogP contribution in [0.4, 0.5) is 0 Å². The van der Waals surface area contributed by atoms with Crippen LogP contribution in [0.25, 0.3) is 0 Å². The van der Waals surface area contributed by atoms with Crippen molar-refractivity contribution >= 4 is 17.7 Å². The van der Waals surface area contributed by atoms with Crippen molar-refractivity contribution in [3.63, 3.8) is 0 Å². The number of carbonyl (C=O) groups is 1. The van der Waals surface area contributed by atoms with Gasteiger partial charge in [-0.3, -0.25) is 4.79 Å². The van der Waals surface area contributed by atoms with Crippen molar-refractivity contribution in [2.75, 3.05) is 18.9 Å². The molecule has 0 aromatic carbocycles. The van der Waals surface area contributed by atoms with Gasteiger partial charge >= 0.3 is 0 Å². The summed E-state index contributed by atoms with van der Waals surface area (Å²) in [6.45, 7) is 3.01. The van der Waals surface area contributed by atoms with Crippen LogP contribution in [0.5, 0.6) is 0 Å². The molecule has 0 aromatic rings. The molecule has 2 heterocycles. The fourth-order valence-corrected chi connectivity index (χ4v) is 3.33. The molecule has 0 radical (unpaired) electrons. The second-order valence-electron chi connectivity index (χ2n) is 3.88. The third kappa shape index (κ3) is 1.83. The Bertz CT molecular complexity index is 204. The van der Waals surface area contributed by atoms with Gasteiger partial charge < -0.3 is 10.1 Å². The largest absolute Gasteiger partial charge is 0.362 e. The third-order valence-corrected chi connectivity index (χ3v) is 4.44. The zero-order valence-electron chi connectivity index (χ0n) is 7.84. The first-order chi connectivity index (χ1) is 6.21. The van der Waals surface area contributed by atoms with Crippen LogP contribution in [0, 0.1) is 0 Å². The van der Waals surface area contributed by atoms with Gasteiger partial charge in [0, 0.05) is 11.8 Å². The molecule has 0 bridgehead atoms. The normalized spacial score (nSPS) is 40.4. The highest BCUT2D eigenvalue weighted by Gasteiger charge is 2.40. The number of morpholine rings is 1. The second kappa shape index (κ2) is 3.50. The van der Waals surface area contributed by atoms with Crippen molar-refractivity contribution in [3.05, 3.63) is 0 Å². The molecule has 13 heavy (non-hydrogen) atoms. The smallest absolute Gasteiger partial charge is 0.246 e. The van der Waals surface area contributed by atoms with Crippen LogP contribution in [-0.2, 0) is 9.53 Å². The minimum absolute atomic E-state index is 0.0143. The average molecular weight is 201 g/mol. The Morgan fingerprint density at radius 3 is 3.08 bits per heavy atom. The van der Waals surface area contributed by atoms with Crippen molar-refractivity contribution in [2.45, 2.75) is 30.6 Å². The highest BCUT2D eigenvalue weighted by molar-refractivity contribution is 8.00. The number of ether oxygens (including phenoxy) is 1. The van der Waals surface area contributed by atoms with E-state index in [1.165, 1.54) is 18.6 Å². The van der Waals surface area contributed by atoms with Crippen molar-refractivity contribution < 1.29 is 9.53 Å². The Labute approximate surface area is 82.6 Å². The van der Waals surface area contributed by atoms with Gasteiger partial charge in [0.15, 0.2) is 0 Å². The summed E-state index contributed by atoms with van der Waals surface area (Å²) >= 11 is 1.97. The van der Waals surface area contributed by atoms with E-state index in [4.69, 9.17) is 4.74 Å². The maximum Gasteiger partial charge on any atom is 0.246 e. The summed E-state index contributed by atoms with van der Waals surface area (Å²) in [5.74, 6) is 1.25.